The minimum absolute atomic E-state index is 0.298. The molecule has 2 aromatic rings. The average molecular weight is 292 g/mol. The molecule has 0 spiro atoms. The number of carbonyl (C=O) groups excluding carboxylic acids is 1. The molecule has 1 fully saturated rings. The minimum atomic E-state index is -0.298. The fraction of sp³-hybridized carbons (Fsp3) is 0.538. The highest BCUT2D eigenvalue weighted by molar-refractivity contribution is 7.15. The molecule has 0 aromatic carbocycles. The van der Waals surface area contributed by atoms with Crippen LogP contribution in [-0.2, 0) is 6.42 Å². The molecule has 0 bridgehead atoms. The Morgan fingerprint density at radius 3 is 3.00 bits per heavy atom. The first kappa shape index (κ1) is 13.2. The zero-order chi connectivity index (χ0) is 14.1. The molecule has 1 aliphatic rings. The van der Waals surface area contributed by atoms with E-state index in [1.54, 1.807) is 6.07 Å². The van der Waals surface area contributed by atoms with Crippen molar-refractivity contribution < 1.29 is 9.32 Å². The molecular formula is C13H16N4O2S. The van der Waals surface area contributed by atoms with Gasteiger partial charge in [0, 0.05) is 18.4 Å². The van der Waals surface area contributed by atoms with Crippen LogP contribution in [0.3, 0.4) is 0 Å². The smallest absolute Gasteiger partial charge is 0.279 e. The Hall–Kier alpha value is -1.76. The molecule has 0 radical (unpaired) electrons. The molecule has 0 saturated heterocycles. The zero-order valence-electron chi connectivity index (χ0n) is 11.4. The predicted molar refractivity (Wildman–Crippen MR) is 74.9 cm³/mol. The summed E-state index contributed by atoms with van der Waals surface area (Å²) < 4.78 is 5.16. The van der Waals surface area contributed by atoms with Gasteiger partial charge in [0.25, 0.3) is 5.91 Å². The van der Waals surface area contributed by atoms with Gasteiger partial charge in [-0.25, -0.2) is 0 Å². The second-order valence-corrected chi connectivity index (χ2v) is 6.50. The molecule has 3 rings (SSSR count). The Bertz CT molecular complexity index is 615. The molecule has 2 heterocycles. The number of amides is 1. The Labute approximate surface area is 120 Å². The van der Waals surface area contributed by atoms with E-state index in [1.807, 2.05) is 0 Å². The molecule has 1 N–H and O–H groups in total. The average Bonchev–Trinajstić information content (AvgIpc) is 2.96. The maximum atomic E-state index is 12.0. The summed E-state index contributed by atoms with van der Waals surface area (Å²) in [6.45, 7) is 4.24. The number of hydrogen-bond acceptors (Lipinski definition) is 6. The number of anilines is 1. The molecule has 0 atom stereocenters. The molecule has 1 aliphatic carbocycles. The monoisotopic (exact) mass is 292 g/mol. The summed E-state index contributed by atoms with van der Waals surface area (Å²) in [5.74, 6) is 1.46. The molecule has 0 unspecified atom stereocenters. The molecule has 7 heteroatoms. The van der Waals surface area contributed by atoms with Crippen LogP contribution < -0.4 is 5.32 Å². The molecular weight excluding hydrogens is 276 g/mol. The van der Waals surface area contributed by atoms with E-state index < -0.39 is 0 Å². The van der Waals surface area contributed by atoms with Crippen molar-refractivity contribution in [3.63, 3.8) is 0 Å². The number of carbonyl (C=O) groups is 1. The van der Waals surface area contributed by atoms with E-state index in [1.165, 1.54) is 11.3 Å². The third-order valence-electron chi connectivity index (χ3n) is 3.01. The van der Waals surface area contributed by atoms with Crippen molar-refractivity contribution in [1.29, 1.82) is 0 Å². The number of aromatic nitrogens is 3. The Morgan fingerprint density at radius 2 is 2.30 bits per heavy atom. The SMILES string of the molecule is CC(C)Cc1nnc(NC(=O)c2cc(C3CC3)on2)s1. The molecule has 0 aliphatic heterocycles. The van der Waals surface area contributed by atoms with Gasteiger partial charge in [0.15, 0.2) is 5.69 Å². The molecule has 1 saturated carbocycles. The van der Waals surface area contributed by atoms with Crippen LogP contribution in [0.1, 0.15) is 53.9 Å². The van der Waals surface area contributed by atoms with Gasteiger partial charge in [0.1, 0.15) is 10.8 Å². The van der Waals surface area contributed by atoms with Crippen molar-refractivity contribution in [1.82, 2.24) is 15.4 Å². The summed E-state index contributed by atoms with van der Waals surface area (Å²) in [4.78, 5) is 12.0. The summed E-state index contributed by atoms with van der Waals surface area (Å²) in [5, 5.41) is 16.0. The van der Waals surface area contributed by atoms with Crippen LogP contribution in [-0.4, -0.2) is 21.3 Å². The van der Waals surface area contributed by atoms with Gasteiger partial charge in [0.05, 0.1) is 0 Å². The highest BCUT2D eigenvalue weighted by atomic mass is 32.1. The zero-order valence-corrected chi connectivity index (χ0v) is 12.2. The highest BCUT2D eigenvalue weighted by Gasteiger charge is 2.29. The van der Waals surface area contributed by atoms with Crippen molar-refractivity contribution >= 4 is 22.4 Å². The van der Waals surface area contributed by atoms with E-state index >= 15 is 0 Å². The van der Waals surface area contributed by atoms with Gasteiger partial charge < -0.3 is 4.52 Å². The number of nitrogens with one attached hydrogen (secondary N) is 1. The van der Waals surface area contributed by atoms with E-state index in [2.05, 4.69) is 34.5 Å². The topological polar surface area (TPSA) is 80.9 Å². The van der Waals surface area contributed by atoms with Crippen molar-refractivity contribution in [2.75, 3.05) is 5.32 Å². The van der Waals surface area contributed by atoms with Gasteiger partial charge in [-0.15, -0.1) is 10.2 Å². The van der Waals surface area contributed by atoms with Crippen LogP contribution in [0.4, 0.5) is 5.13 Å². The van der Waals surface area contributed by atoms with E-state index in [0.717, 1.165) is 30.0 Å². The maximum Gasteiger partial charge on any atom is 0.279 e. The van der Waals surface area contributed by atoms with Gasteiger partial charge in [-0.3, -0.25) is 10.1 Å². The van der Waals surface area contributed by atoms with Crippen LogP contribution in [0.2, 0.25) is 0 Å². The summed E-state index contributed by atoms with van der Waals surface area (Å²) in [7, 11) is 0. The van der Waals surface area contributed by atoms with Gasteiger partial charge in [-0.2, -0.15) is 0 Å². The maximum absolute atomic E-state index is 12.0. The van der Waals surface area contributed by atoms with Crippen LogP contribution in [0.15, 0.2) is 10.6 Å². The highest BCUT2D eigenvalue weighted by Crippen LogP contribution is 2.40. The lowest BCUT2D eigenvalue weighted by molar-refractivity contribution is 0.101. The quantitative estimate of drug-likeness (QED) is 0.916. The second kappa shape index (κ2) is 5.32. The van der Waals surface area contributed by atoms with E-state index in [-0.39, 0.29) is 5.91 Å². The van der Waals surface area contributed by atoms with Crippen LogP contribution >= 0.6 is 11.3 Å². The van der Waals surface area contributed by atoms with Crippen LogP contribution in [0, 0.1) is 5.92 Å². The molecule has 106 valence electrons. The van der Waals surface area contributed by atoms with Gasteiger partial charge >= 0.3 is 0 Å². The fourth-order valence-corrected chi connectivity index (χ4v) is 2.80. The van der Waals surface area contributed by atoms with Gasteiger partial charge in [-0.05, 0) is 18.8 Å². The lowest BCUT2D eigenvalue weighted by atomic mass is 10.1. The normalized spacial score (nSPS) is 14.8. The van der Waals surface area contributed by atoms with E-state index in [4.69, 9.17) is 4.52 Å². The van der Waals surface area contributed by atoms with Gasteiger partial charge in [-0.1, -0.05) is 30.3 Å². The Balaban J connectivity index is 1.63. The van der Waals surface area contributed by atoms with Crippen LogP contribution in [0.25, 0.3) is 0 Å². The standard InChI is InChI=1S/C13H16N4O2S/c1-7(2)5-11-15-16-13(20-11)14-12(18)9-6-10(19-17-9)8-3-4-8/h6-8H,3-5H2,1-2H3,(H,14,16,18). The lowest BCUT2D eigenvalue weighted by Crippen LogP contribution is -2.11. The summed E-state index contributed by atoms with van der Waals surface area (Å²) >= 11 is 1.40. The fourth-order valence-electron chi connectivity index (χ4n) is 1.85. The van der Waals surface area contributed by atoms with Crippen molar-refractivity contribution in [3.05, 3.63) is 22.5 Å². The third kappa shape index (κ3) is 3.04. The van der Waals surface area contributed by atoms with Crippen molar-refractivity contribution in [2.45, 2.75) is 39.0 Å². The van der Waals surface area contributed by atoms with Crippen molar-refractivity contribution in [3.8, 4) is 0 Å². The van der Waals surface area contributed by atoms with Crippen LogP contribution in [0.5, 0.6) is 0 Å². The number of hydrogen-bond donors (Lipinski definition) is 1. The molecule has 1 amide bonds. The van der Waals surface area contributed by atoms with E-state index in [9.17, 15) is 4.79 Å². The van der Waals surface area contributed by atoms with Crippen molar-refractivity contribution in [2.24, 2.45) is 5.92 Å². The summed E-state index contributed by atoms with van der Waals surface area (Å²) in [5.41, 5.74) is 0.299. The molecule has 2 aromatic heterocycles. The second-order valence-electron chi connectivity index (χ2n) is 5.44. The Morgan fingerprint density at radius 1 is 1.50 bits per heavy atom. The molecule has 20 heavy (non-hydrogen) atoms. The minimum Gasteiger partial charge on any atom is -0.360 e. The first-order valence-corrected chi connectivity index (χ1v) is 7.54. The Kier molecular flexibility index (Phi) is 3.52. The summed E-state index contributed by atoms with van der Waals surface area (Å²) in [6.07, 6.45) is 3.10. The number of rotatable bonds is 5. The largest absolute Gasteiger partial charge is 0.360 e. The first-order valence-electron chi connectivity index (χ1n) is 6.72. The van der Waals surface area contributed by atoms with Gasteiger partial charge in [0.2, 0.25) is 5.13 Å². The van der Waals surface area contributed by atoms with E-state index in [0.29, 0.717) is 22.7 Å². The third-order valence-corrected chi connectivity index (χ3v) is 3.87. The summed E-state index contributed by atoms with van der Waals surface area (Å²) in [6, 6.07) is 1.71. The lowest BCUT2D eigenvalue weighted by Gasteiger charge is -1.97. The molecule has 6 nitrogen and oxygen atoms in total. The first-order chi connectivity index (χ1) is 9.61. The predicted octanol–water partition coefficient (Wildman–Crippen LogP) is 2.85. The number of nitrogens with zero attached hydrogens (tertiary/aromatic N) is 3.